The minimum absolute atomic E-state index is 0.0280. The summed E-state index contributed by atoms with van der Waals surface area (Å²) in [6.45, 7) is 5.98. The summed E-state index contributed by atoms with van der Waals surface area (Å²) in [5.41, 5.74) is 2.70. The van der Waals surface area contributed by atoms with Crippen molar-refractivity contribution in [1.29, 1.82) is 0 Å². The zero-order valence-electron chi connectivity index (χ0n) is 22.5. The zero-order chi connectivity index (χ0) is 27.0. The zero-order valence-corrected chi connectivity index (χ0v) is 22.5. The van der Waals surface area contributed by atoms with Crippen molar-refractivity contribution in [3.05, 3.63) is 71.5 Å². The number of carbonyl (C=O) groups excluding carboxylic acids is 3. The Labute approximate surface area is 224 Å². The number of ketones is 2. The van der Waals surface area contributed by atoms with Gasteiger partial charge in [0.05, 0.1) is 6.61 Å². The summed E-state index contributed by atoms with van der Waals surface area (Å²) >= 11 is 0. The SMILES string of the molecule is CC1=C[C@@H](C)CC=C[C@H]2C=C(CO)[C@@H](C)[C@H]3[C@H](Cc4c[nH]c5ccccc45)NC(=O)[C@@]23C(=O)CCC(=O)C1. The van der Waals surface area contributed by atoms with Gasteiger partial charge in [-0.2, -0.15) is 0 Å². The third kappa shape index (κ3) is 4.49. The molecule has 3 aliphatic rings. The standard InChI is InChI=1S/C32H38N2O4/c1-19-7-6-8-24-15-23(18-35)21(3)30-28(16-22-17-33-27-10-5-4-9-26(22)27)34-31(38)32(24,30)29(37)12-11-25(36)14-20(2)13-19/h4-6,8-10,13,15,17,19,21,24,28,30,33,35H,7,11-12,14,16,18H2,1-3H3,(H,34,38)/t19-,21+,24-,28-,30-,32+/m0/s1. The first-order valence-electron chi connectivity index (χ1n) is 13.8. The number of allylic oxidation sites excluding steroid dienone is 5. The fourth-order valence-corrected chi connectivity index (χ4v) is 7.24. The van der Waals surface area contributed by atoms with E-state index in [1.54, 1.807) is 0 Å². The van der Waals surface area contributed by atoms with Crippen LogP contribution in [0.2, 0.25) is 0 Å². The average Bonchev–Trinajstić information content (AvgIpc) is 3.42. The van der Waals surface area contributed by atoms with Crippen molar-refractivity contribution in [2.45, 2.75) is 58.9 Å². The van der Waals surface area contributed by atoms with Crippen LogP contribution in [0, 0.1) is 29.1 Å². The van der Waals surface area contributed by atoms with Crippen LogP contribution in [0.4, 0.5) is 0 Å². The Morgan fingerprint density at radius 2 is 1.87 bits per heavy atom. The molecule has 2 aromatic rings. The van der Waals surface area contributed by atoms with E-state index in [1.807, 2.05) is 50.4 Å². The molecule has 38 heavy (non-hydrogen) atoms. The van der Waals surface area contributed by atoms with Gasteiger partial charge in [-0.25, -0.2) is 0 Å². The number of amides is 1. The van der Waals surface area contributed by atoms with E-state index in [2.05, 4.69) is 35.4 Å². The molecule has 3 N–H and O–H groups in total. The molecule has 1 aliphatic heterocycles. The molecule has 0 radical (unpaired) electrons. The average molecular weight is 515 g/mol. The van der Waals surface area contributed by atoms with Gasteiger partial charge in [0.25, 0.3) is 0 Å². The molecule has 200 valence electrons. The molecule has 6 nitrogen and oxygen atoms in total. The van der Waals surface area contributed by atoms with Crippen LogP contribution in [0.25, 0.3) is 10.9 Å². The summed E-state index contributed by atoms with van der Waals surface area (Å²) in [6.07, 6.45) is 11.9. The topological polar surface area (TPSA) is 99.3 Å². The Morgan fingerprint density at radius 1 is 1.08 bits per heavy atom. The first-order valence-corrected chi connectivity index (χ1v) is 13.8. The summed E-state index contributed by atoms with van der Waals surface area (Å²) in [6, 6.07) is 7.80. The molecule has 6 atom stereocenters. The predicted molar refractivity (Wildman–Crippen MR) is 148 cm³/mol. The minimum Gasteiger partial charge on any atom is -0.392 e. The van der Waals surface area contributed by atoms with Crippen molar-refractivity contribution >= 4 is 28.4 Å². The molecule has 0 bridgehead atoms. The van der Waals surface area contributed by atoms with Gasteiger partial charge in [0.2, 0.25) is 5.91 Å². The number of benzene rings is 1. The molecule has 0 saturated carbocycles. The fourth-order valence-electron chi connectivity index (χ4n) is 7.24. The third-order valence-corrected chi connectivity index (χ3v) is 8.98. The van der Waals surface area contributed by atoms with Gasteiger partial charge in [-0.1, -0.05) is 61.9 Å². The van der Waals surface area contributed by atoms with Crippen molar-refractivity contribution in [2.24, 2.45) is 29.1 Å². The first kappa shape index (κ1) is 26.4. The van der Waals surface area contributed by atoms with Crippen LogP contribution in [0.5, 0.6) is 0 Å². The quantitative estimate of drug-likeness (QED) is 0.403. The Hall–Kier alpha value is -3.25. The van der Waals surface area contributed by atoms with E-state index in [4.69, 9.17) is 0 Å². The molecular weight excluding hydrogens is 476 g/mol. The summed E-state index contributed by atoms with van der Waals surface area (Å²) in [7, 11) is 0. The number of H-pyrrole nitrogens is 1. The third-order valence-electron chi connectivity index (χ3n) is 8.98. The lowest BCUT2D eigenvalue weighted by atomic mass is 9.54. The van der Waals surface area contributed by atoms with E-state index >= 15 is 0 Å². The normalized spacial score (nSPS) is 32.4. The van der Waals surface area contributed by atoms with Gasteiger partial charge in [-0.05, 0) is 48.8 Å². The van der Waals surface area contributed by atoms with Gasteiger partial charge >= 0.3 is 0 Å². The maximum Gasteiger partial charge on any atom is 0.235 e. The highest BCUT2D eigenvalue weighted by Crippen LogP contribution is 2.55. The number of nitrogens with one attached hydrogen (secondary N) is 2. The summed E-state index contributed by atoms with van der Waals surface area (Å²) in [4.78, 5) is 44.3. The number of aliphatic hydroxyl groups is 1. The molecule has 1 aromatic carbocycles. The van der Waals surface area contributed by atoms with Crippen LogP contribution in [-0.4, -0.2) is 40.2 Å². The minimum atomic E-state index is -1.30. The van der Waals surface area contributed by atoms with Crippen molar-refractivity contribution in [2.75, 3.05) is 6.61 Å². The Kier molecular flexibility index (Phi) is 7.28. The lowest BCUT2D eigenvalue weighted by Crippen LogP contribution is -2.52. The van der Waals surface area contributed by atoms with E-state index in [1.165, 1.54) is 0 Å². The molecule has 1 saturated heterocycles. The molecule has 2 heterocycles. The summed E-state index contributed by atoms with van der Waals surface area (Å²) in [5, 5.41) is 14.6. The monoisotopic (exact) mass is 514 g/mol. The maximum absolute atomic E-state index is 14.2. The van der Waals surface area contributed by atoms with Crippen molar-refractivity contribution in [3.63, 3.8) is 0 Å². The van der Waals surface area contributed by atoms with E-state index < -0.39 is 11.3 Å². The number of aromatic amines is 1. The van der Waals surface area contributed by atoms with Crippen molar-refractivity contribution in [3.8, 4) is 0 Å². The number of Topliss-reactive ketones (excluding diaryl/α,β-unsaturated/α-hetero) is 2. The number of para-hydroxylation sites is 1. The van der Waals surface area contributed by atoms with E-state index in [0.717, 1.165) is 34.0 Å². The highest BCUT2D eigenvalue weighted by atomic mass is 16.3. The first-order chi connectivity index (χ1) is 18.2. The van der Waals surface area contributed by atoms with E-state index in [9.17, 15) is 19.5 Å². The van der Waals surface area contributed by atoms with E-state index in [-0.39, 0.29) is 60.7 Å². The Bertz CT molecular complexity index is 1350. The smallest absolute Gasteiger partial charge is 0.235 e. The molecule has 0 unspecified atom stereocenters. The van der Waals surface area contributed by atoms with Gasteiger partial charge in [-0.15, -0.1) is 0 Å². The lowest BCUT2D eigenvalue weighted by Gasteiger charge is -2.45. The molecule has 1 spiro atoms. The lowest BCUT2D eigenvalue weighted by molar-refractivity contribution is -0.146. The van der Waals surface area contributed by atoms with Crippen molar-refractivity contribution in [1.82, 2.24) is 10.3 Å². The van der Waals surface area contributed by atoms with Gasteiger partial charge in [-0.3, -0.25) is 14.4 Å². The fraction of sp³-hybridized carbons (Fsp3) is 0.469. The number of rotatable bonds is 3. The second-order valence-corrected chi connectivity index (χ2v) is 11.5. The van der Waals surface area contributed by atoms with Crippen LogP contribution in [-0.2, 0) is 20.8 Å². The van der Waals surface area contributed by atoms with Gasteiger partial charge in [0.1, 0.15) is 17.0 Å². The number of fused-ring (bicyclic) bond motifs is 1. The van der Waals surface area contributed by atoms with Gasteiger partial charge < -0.3 is 15.4 Å². The Balaban J connectivity index is 1.59. The number of hydrogen-bond acceptors (Lipinski definition) is 4. The van der Waals surface area contributed by atoms with Crippen LogP contribution >= 0.6 is 0 Å². The molecule has 1 fully saturated rings. The summed E-state index contributed by atoms with van der Waals surface area (Å²) < 4.78 is 0. The van der Waals surface area contributed by atoms with Crippen LogP contribution < -0.4 is 5.32 Å². The molecule has 1 amide bonds. The summed E-state index contributed by atoms with van der Waals surface area (Å²) in [5.74, 6) is -1.14. The van der Waals surface area contributed by atoms with Crippen molar-refractivity contribution < 1.29 is 19.5 Å². The second kappa shape index (κ2) is 10.5. The van der Waals surface area contributed by atoms with Gasteiger partial charge in [0.15, 0.2) is 0 Å². The number of aliphatic hydroxyl groups excluding tert-OH is 1. The largest absolute Gasteiger partial charge is 0.392 e. The number of aromatic nitrogens is 1. The number of carbonyl (C=O) groups is 3. The molecule has 2 aliphatic carbocycles. The molecule has 1 aromatic heterocycles. The highest BCUT2D eigenvalue weighted by molar-refractivity contribution is 6.10. The maximum atomic E-state index is 14.2. The second-order valence-electron chi connectivity index (χ2n) is 11.5. The predicted octanol–water partition coefficient (Wildman–Crippen LogP) is 4.85. The Morgan fingerprint density at radius 3 is 2.66 bits per heavy atom. The molecular formula is C32H38N2O4. The van der Waals surface area contributed by atoms with Crippen LogP contribution in [0.1, 0.15) is 52.0 Å². The van der Waals surface area contributed by atoms with Gasteiger partial charge in [0, 0.05) is 54.2 Å². The number of hydrogen-bond donors (Lipinski definition) is 3. The van der Waals surface area contributed by atoms with Crippen LogP contribution in [0.3, 0.4) is 0 Å². The molecule has 5 rings (SSSR count). The van der Waals surface area contributed by atoms with Crippen LogP contribution in [0.15, 0.2) is 65.9 Å². The molecule has 6 heteroatoms. The highest BCUT2D eigenvalue weighted by Gasteiger charge is 2.65. The van der Waals surface area contributed by atoms with E-state index in [0.29, 0.717) is 12.8 Å².